The first-order chi connectivity index (χ1) is 11.1. The van der Waals surface area contributed by atoms with Gasteiger partial charge in [-0.3, -0.25) is 4.79 Å². The Morgan fingerprint density at radius 1 is 1.46 bits per heavy atom. The molecule has 2 rings (SSSR count). The van der Waals surface area contributed by atoms with E-state index in [1.54, 1.807) is 0 Å². The summed E-state index contributed by atoms with van der Waals surface area (Å²) in [5.74, 6) is -1.16. The van der Waals surface area contributed by atoms with Crippen molar-refractivity contribution in [3.8, 4) is 0 Å². The van der Waals surface area contributed by atoms with Crippen LogP contribution in [-0.2, 0) is 27.1 Å². The number of rotatable bonds is 8. The molecule has 0 radical (unpaired) electrons. The van der Waals surface area contributed by atoms with Crippen LogP contribution in [0.2, 0.25) is 0 Å². The number of nitrogens with one attached hydrogen (secondary N) is 2. The van der Waals surface area contributed by atoms with Crippen molar-refractivity contribution in [3.63, 3.8) is 0 Å². The summed E-state index contributed by atoms with van der Waals surface area (Å²) < 4.78 is 32.6. The van der Waals surface area contributed by atoms with Crippen LogP contribution in [0.4, 0.5) is 0 Å². The highest BCUT2D eigenvalue weighted by Crippen LogP contribution is 2.34. The van der Waals surface area contributed by atoms with Crippen LogP contribution in [0.25, 0.3) is 0 Å². The first-order valence-corrected chi connectivity index (χ1v) is 8.91. The van der Waals surface area contributed by atoms with E-state index in [1.165, 1.54) is 0 Å². The predicted octanol–water partition coefficient (Wildman–Crippen LogP) is -1.44. The van der Waals surface area contributed by atoms with Gasteiger partial charge >= 0.3 is 5.97 Å². The van der Waals surface area contributed by atoms with Gasteiger partial charge in [0, 0.05) is 0 Å². The number of aliphatic carboxylic acids is 1. The van der Waals surface area contributed by atoms with Crippen LogP contribution in [-0.4, -0.2) is 46.9 Å². The van der Waals surface area contributed by atoms with E-state index in [-0.39, 0.29) is 12.4 Å². The smallest absolute Gasteiger partial charge is 0.324 e. The lowest BCUT2D eigenvalue weighted by Crippen LogP contribution is -2.51. The lowest BCUT2D eigenvalue weighted by molar-refractivity contribution is -0.141. The lowest BCUT2D eigenvalue weighted by Gasteiger charge is -2.17. The number of aliphatic hydroxyl groups excluding tert-OH is 1. The van der Waals surface area contributed by atoms with Gasteiger partial charge in [-0.1, -0.05) is 18.0 Å². The van der Waals surface area contributed by atoms with Crippen LogP contribution >= 0.6 is 0 Å². The zero-order chi connectivity index (χ0) is 18.0. The zero-order valence-electron chi connectivity index (χ0n) is 13.1. The Labute approximate surface area is 138 Å². The van der Waals surface area contributed by atoms with Gasteiger partial charge in [0.1, 0.15) is 6.04 Å². The third-order valence-electron chi connectivity index (χ3n) is 3.85. The molecule has 2 atom stereocenters. The molecule has 1 unspecified atom stereocenters. The first kappa shape index (κ1) is 18.7. The van der Waals surface area contributed by atoms with Crippen LogP contribution in [0, 0.1) is 0 Å². The number of hydrogen-bond donors (Lipinski definition) is 5. The Bertz CT molecular complexity index is 682. The van der Waals surface area contributed by atoms with Crippen molar-refractivity contribution in [1.82, 2.24) is 19.6 Å². The minimum absolute atomic E-state index is 0.0102. The average Bonchev–Trinajstić information content (AvgIpc) is 3.12. The first-order valence-electron chi connectivity index (χ1n) is 7.43. The van der Waals surface area contributed by atoms with Gasteiger partial charge < -0.3 is 20.5 Å². The van der Waals surface area contributed by atoms with Gasteiger partial charge in [0.05, 0.1) is 18.2 Å². The number of nitrogens with two attached hydrogens (primary N) is 1. The van der Waals surface area contributed by atoms with Gasteiger partial charge in [0.2, 0.25) is 5.89 Å². The molecule has 1 heterocycles. The quantitative estimate of drug-likeness (QED) is 0.369. The third kappa shape index (κ3) is 4.48. The molecule has 1 aliphatic carbocycles. The van der Waals surface area contributed by atoms with Crippen molar-refractivity contribution in [2.45, 2.75) is 56.8 Å². The van der Waals surface area contributed by atoms with Gasteiger partial charge in [0.15, 0.2) is 5.82 Å². The maximum absolute atomic E-state index is 11.8. The number of aromatic nitrogens is 2. The number of carboxylic acid groups (broad SMARTS) is 1. The van der Waals surface area contributed by atoms with E-state index in [1.807, 2.05) is 4.72 Å². The van der Waals surface area contributed by atoms with Crippen molar-refractivity contribution in [2.24, 2.45) is 5.73 Å². The van der Waals surface area contributed by atoms with Crippen molar-refractivity contribution in [2.75, 3.05) is 0 Å². The van der Waals surface area contributed by atoms with E-state index < -0.39 is 33.9 Å². The number of nitrogens with zero attached hydrogens (tertiary/aromatic N) is 2. The van der Waals surface area contributed by atoms with E-state index in [2.05, 4.69) is 14.9 Å². The normalized spacial score (nSPS) is 20.0. The molecule has 1 saturated carbocycles. The number of carbonyl (C=O) groups is 1. The molecule has 0 spiro atoms. The maximum Gasteiger partial charge on any atom is 0.324 e. The summed E-state index contributed by atoms with van der Waals surface area (Å²) in [6.45, 7) is 0.832. The largest absolute Gasteiger partial charge is 0.480 e. The number of carboxylic acids is 1. The SMILES string of the molecule is CC(O)[C@H](NS(=O)(=O)NCc1nc(C2(N)CCCC2)no1)C(=O)O. The van der Waals surface area contributed by atoms with E-state index in [9.17, 15) is 18.3 Å². The van der Waals surface area contributed by atoms with E-state index in [0.717, 1.165) is 32.6 Å². The van der Waals surface area contributed by atoms with Gasteiger partial charge in [0.25, 0.3) is 10.2 Å². The molecular formula is C12H21N5O6S. The van der Waals surface area contributed by atoms with Crippen LogP contribution in [0.5, 0.6) is 0 Å². The summed E-state index contributed by atoms with van der Waals surface area (Å²) in [5, 5.41) is 22.0. The summed E-state index contributed by atoms with van der Waals surface area (Å²) in [4.78, 5) is 15.0. The predicted molar refractivity (Wildman–Crippen MR) is 80.6 cm³/mol. The van der Waals surface area contributed by atoms with E-state index >= 15 is 0 Å². The molecule has 0 aromatic carbocycles. The summed E-state index contributed by atoms with van der Waals surface area (Å²) in [7, 11) is -4.19. The van der Waals surface area contributed by atoms with Crippen LogP contribution in [0.3, 0.4) is 0 Å². The van der Waals surface area contributed by atoms with Gasteiger partial charge in [-0.05, 0) is 19.8 Å². The molecule has 0 aliphatic heterocycles. The Hall–Kier alpha value is -1.60. The summed E-state index contributed by atoms with van der Waals surface area (Å²) in [6.07, 6.45) is 1.98. The Morgan fingerprint density at radius 2 is 2.08 bits per heavy atom. The topological polar surface area (TPSA) is 181 Å². The summed E-state index contributed by atoms with van der Waals surface area (Å²) in [6, 6.07) is -1.67. The standard InChI is InChI=1S/C12H21N5O6S/c1-7(18)9(10(19)20)17-24(21,22)14-6-8-15-11(16-23-8)12(13)4-2-3-5-12/h7,9,14,17-18H,2-6,13H2,1H3,(H,19,20)/t7?,9-/m0/s1. The number of hydrogen-bond acceptors (Lipinski definition) is 8. The Kier molecular flexibility index (Phi) is 5.55. The van der Waals surface area contributed by atoms with E-state index in [0.29, 0.717) is 5.82 Å². The molecular weight excluding hydrogens is 342 g/mol. The second-order valence-corrected chi connectivity index (χ2v) is 7.41. The Morgan fingerprint density at radius 3 is 2.62 bits per heavy atom. The van der Waals surface area contributed by atoms with Crippen LogP contribution < -0.4 is 15.2 Å². The minimum atomic E-state index is -4.19. The molecule has 1 fully saturated rings. The molecule has 0 bridgehead atoms. The lowest BCUT2D eigenvalue weighted by atomic mass is 9.99. The van der Waals surface area contributed by atoms with Crippen molar-refractivity contribution in [3.05, 3.63) is 11.7 Å². The molecule has 136 valence electrons. The fourth-order valence-corrected chi connectivity index (χ4v) is 3.51. The molecule has 24 heavy (non-hydrogen) atoms. The molecule has 11 nitrogen and oxygen atoms in total. The molecule has 1 aromatic rings. The third-order valence-corrected chi connectivity index (χ3v) is 4.94. The number of aliphatic hydroxyl groups is 1. The highest BCUT2D eigenvalue weighted by Gasteiger charge is 2.36. The zero-order valence-corrected chi connectivity index (χ0v) is 13.9. The minimum Gasteiger partial charge on any atom is -0.480 e. The summed E-state index contributed by atoms with van der Waals surface area (Å²) in [5.41, 5.74) is 5.53. The second-order valence-electron chi connectivity index (χ2n) is 5.87. The monoisotopic (exact) mass is 363 g/mol. The second kappa shape index (κ2) is 7.11. The fraction of sp³-hybridized carbons (Fsp3) is 0.750. The maximum atomic E-state index is 11.8. The van der Waals surface area contributed by atoms with Crippen molar-refractivity contribution in [1.29, 1.82) is 0 Å². The van der Waals surface area contributed by atoms with Gasteiger partial charge in [-0.2, -0.15) is 22.8 Å². The molecule has 0 saturated heterocycles. The van der Waals surface area contributed by atoms with Crippen molar-refractivity contribution >= 4 is 16.2 Å². The van der Waals surface area contributed by atoms with Crippen LogP contribution in [0.15, 0.2) is 4.52 Å². The highest BCUT2D eigenvalue weighted by atomic mass is 32.2. The molecule has 6 N–H and O–H groups in total. The molecule has 0 amide bonds. The fourth-order valence-electron chi connectivity index (χ4n) is 2.48. The van der Waals surface area contributed by atoms with Crippen molar-refractivity contribution < 1.29 is 27.9 Å². The summed E-state index contributed by atoms with van der Waals surface area (Å²) >= 11 is 0. The average molecular weight is 363 g/mol. The van der Waals surface area contributed by atoms with E-state index in [4.69, 9.17) is 15.4 Å². The van der Waals surface area contributed by atoms with Crippen LogP contribution in [0.1, 0.15) is 44.3 Å². The van der Waals surface area contributed by atoms with Gasteiger partial charge in [-0.15, -0.1) is 0 Å². The Balaban J connectivity index is 1.97. The molecule has 1 aromatic heterocycles. The molecule has 1 aliphatic rings. The molecule has 12 heteroatoms. The highest BCUT2D eigenvalue weighted by molar-refractivity contribution is 7.87. The van der Waals surface area contributed by atoms with Gasteiger partial charge in [-0.25, -0.2) is 0 Å².